The first-order valence-corrected chi connectivity index (χ1v) is 7.57. The molecule has 5 nitrogen and oxygen atoms in total. The Morgan fingerprint density at radius 3 is 2.55 bits per heavy atom. The third kappa shape index (κ3) is 5.71. The summed E-state index contributed by atoms with van der Waals surface area (Å²) >= 11 is 1.58. The fourth-order valence-electron chi connectivity index (χ4n) is 1.86. The number of thiophene rings is 1. The van der Waals surface area contributed by atoms with E-state index < -0.39 is 12.0 Å². The lowest BCUT2D eigenvalue weighted by Crippen LogP contribution is -2.44. The van der Waals surface area contributed by atoms with Crippen molar-refractivity contribution in [3.05, 3.63) is 22.4 Å². The van der Waals surface area contributed by atoms with Gasteiger partial charge < -0.3 is 10.4 Å². The molecule has 2 atom stereocenters. The Kier molecular flexibility index (Phi) is 6.67. The summed E-state index contributed by atoms with van der Waals surface area (Å²) in [6.45, 7) is 5.83. The molecule has 3 N–H and O–H groups in total. The van der Waals surface area contributed by atoms with Crippen molar-refractivity contribution in [1.29, 1.82) is 0 Å². The van der Waals surface area contributed by atoms with Crippen LogP contribution in [0.25, 0.3) is 0 Å². The van der Waals surface area contributed by atoms with Crippen LogP contribution in [0.1, 0.15) is 38.1 Å². The molecule has 1 aromatic heterocycles. The summed E-state index contributed by atoms with van der Waals surface area (Å²) in [5.74, 6) is -0.851. The maximum Gasteiger partial charge on any atom is 0.320 e. The third-order valence-corrected chi connectivity index (χ3v) is 3.92. The van der Waals surface area contributed by atoms with E-state index >= 15 is 0 Å². The van der Waals surface area contributed by atoms with E-state index in [-0.39, 0.29) is 24.4 Å². The average Bonchev–Trinajstić information content (AvgIpc) is 2.87. The molecule has 1 aromatic rings. The smallest absolute Gasteiger partial charge is 0.320 e. The van der Waals surface area contributed by atoms with Gasteiger partial charge in [-0.15, -0.1) is 11.3 Å². The van der Waals surface area contributed by atoms with Gasteiger partial charge in [-0.3, -0.25) is 14.9 Å². The highest BCUT2D eigenvalue weighted by Gasteiger charge is 2.19. The Labute approximate surface area is 123 Å². The molecule has 1 amide bonds. The molecule has 112 valence electrons. The number of amides is 1. The molecule has 0 bridgehead atoms. The first-order valence-electron chi connectivity index (χ1n) is 6.69. The van der Waals surface area contributed by atoms with Gasteiger partial charge in [0, 0.05) is 4.88 Å². The average molecular weight is 298 g/mol. The largest absolute Gasteiger partial charge is 0.480 e. The normalized spacial score (nSPS) is 14.0. The highest BCUT2D eigenvalue weighted by atomic mass is 32.1. The first kappa shape index (κ1) is 16.7. The number of carbonyl (C=O) groups is 2. The topological polar surface area (TPSA) is 78.4 Å². The summed E-state index contributed by atoms with van der Waals surface area (Å²) in [7, 11) is 0. The zero-order chi connectivity index (χ0) is 15.1. The molecule has 1 rings (SSSR count). The summed E-state index contributed by atoms with van der Waals surface area (Å²) in [4.78, 5) is 23.9. The van der Waals surface area contributed by atoms with Gasteiger partial charge in [0.2, 0.25) is 5.91 Å². The summed E-state index contributed by atoms with van der Waals surface area (Å²) in [5, 5.41) is 16.7. The van der Waals surface area contributed by atoms with E-state index in [0.29, 0.717) is 6.42 Å². The van der Waals surface area contributed by atoms with Crippen LogP contribution >= 0.6 is 11.3 Å². The molecule has 0 saturated carbocycles. The maximum atomic E-state index is 11.8. The van der Waals surface area contributed by atoms with Crippen molar-refractivity contribution in [3.8, 4) is 0 Å². The highest BCUT2D eigenvalue weighted by molar-refractivity contribution is 7.10. The number of hydrogen-bond acceptors (Lipinski definition) is 4. The molecule has 0 aromatic carbocycles. The van der Waals surface area contributed by atoms with Crippen molar-refractivity contribution in [2.75, 3.05) is 6.54 Å². The number of carboxylic acid groups (broad SMARTS) is 1. The van der Waals surface area contributed by atoms with Crippen molar-refractivity contribution < 1.29 is 14.7 Å². The van der Waals surface area contributed by atoms with Crippen LogP contribution in [0.2, 0.25) is 0 Å². The van der Waals surface area contributed by atoms with Crippen molar-refractivity contribution in [2.45, 2.75) is 39.3 Å². The summed E-state index contributed by atoms with van der Waals surface area (Å²) in [5.41, 5.74) is 0. The van der Waals surface area contributed by atoms with Crippen LogP contribution in [0.15, 0.2) is 17.5 Å². The fourth-order valence-corrected chi connectivity index (χ4v) is 2.59. The Bertz CT molecular complexity index is 432. The molecule has 0 aliphatic rings. The van der Waals surface area contributed by atoms with Crippen LogP contribution < -0.4 is 10.6 Å². The van der Waals surface area contributed by atoms with Gasteiger partial charge in [0.15, 0.2) is 0 Å². The molecule has 1 heterocycles. The number of nitrogens with one attached hydrogen (secondary N) is 2. The van der Waals surface area contributed by atoms with Crippen LogP contribution in [0.3, 0.4) is 0 Å². The molecule has 0 fully saturated rings. The molecule has 20 heavy (non-hydrogen) atoms. The van der Waals surface area contributed by atoms with Crippen LogP contribution in [0.4, 0.5) is 0 Å². The van der Waals surface area contributed by atoms with E-state index in [0.717, 1.165) is 4.88 Å². The van der Waals surface area contributed by atoms with Gasteiger partial charge in [0.05, 0.1) is 12.6 Å². The van der Waals surface area contributed by atoms with Gasteiger partial charge >= 0.3 is 5.97 Å². The maximum absolute atomic E-state index is 11.8. The lowest BCUT2D eigenvalue weighted by Gasteiger charge is -2.17. The van der Waals surface area contributed by atoms with Crippen LogP contribution in [0, 0.1) is 5.92 Å². The zero-order valence-corrected chi connectivity index (χ0v) is 12.9. The molecule has 0 radical (unpaired) electrons. The highest BCUT2D eigenvalue weighted by Crippen LogP contribution is 2.17. The van der Waals surface area contributed by atoms with E-state index in [9.17, 15) is 9.59 Å². The van der Waals surface area contributed by atoms with E-state index in [2.05, 4.69) is 10.6 Å². The van der Waals surface area contributed by atoms with E-state index in [1.807, 2.05) is 38.3 Å². The third-order valence-electron chi connectivity index (χ3n) is 2.86. The minimum absolute atomic E-state index is 0.0133. The summed E-state index contributed by atoms with van der Waals surface area (Å²) in [6.07, 6.45) is 0.503. The van der Waals surface area contributed by atoms with Crippen molar-refractivity contribution >= 4 is 23.2 Å². The Balaban J connectivity index is 2.39. The van der Waals surface area contributed by atoms with E-state index in [1.54, 1.807) is 11.3 Å². The number of carbonyl (C=O) groups excluding carboxylic acids is 1. The Hall–Kier alpha value is -1.40. The number of hydrogen-bond donors (Lipinski definition) is 3. The SMILES string of the molecule is CC(C)CC(NCC(=O)NC(C)c1cccs1)C(=O)O. The number of carboxylic acids is 1. The molecule has 0 aliphatic carbocycles. The van der Waals surface area contributed by atoms with Crippen LogP contribution in [0.5, 0.6) is 0 Å². The molecule has 6 heteroatoms. The van der Waals surface area contributed by atoms with Gasteiger partial charge in [-0.05, 0) is 30.7 Å². The Morgan fingerprint density at radius 1 is 1.35 bits per heavy atom. The number of rotatable bonds is 8. The van der Waals surface area contributed by atoms with Gasteiger partial charge in [-0.25, -0.2) is 0 Å². The molecular weight excluding hydrogens is 276 g/mol. The number of aliphatic carboxylic acids is 1. The lowest BCUT2D eigenvalue weighted by molar-refractivity contribution is -0.140. The second-order valence-electron chi connectivity index (χ2n) is 5.21. The van der Waals surface area contributed by atoms with Gasteiger partial charge in [0.25, 0.3) is 0 Å². The predicted octanol–water partition coefficient (Wildman–Crippen LogP) is 2.01. The summed E-state index contributed by atoms with van der Waals surface area (Å²) < 4.78 is 0. The van der Waals surface area contributed by atoms with Gasteiger partial charge in [-0.2, -0.15) is 0 Å². The second-order valence-corrected chi connectivity index (χ2v) is 6.19. The lowest BCUT2D eigenvalue weighted by atomic mass is 10.0. The Morgan fingerprint density at radius 2 is 2.05 bits per heavy atom. The minimum atomic E-state index is -0.919. The minimum Gasteiger partial charge on any atom is -0.480 e. The predicted molar refractivity (Wildman–Crippen MR) is 79.8 cm³/mol. The van der Waals surface area contributed by atoms with Crippen LogP contribution in [-0.2, 0) is 9.59 Å². The van der Waals surface area contributed by atoms with E-state index in [1.165, 1.54) is 0 Å². The van der Waals surface area contributed by atoms with Gasteiger partial charge in [0.1, 0.15) is 6.04 Å². The quantitative estimate of drug-likeness (QED) is 0.686. The standard InChI is InChI=1S/C14H22N2O3S/c1-9(2)7-11(14(18)19)15-8-13(17)16-10(3)12-5-4-6-20-12/h4-6,9-11,15H,7-8H2,1-3H3,(H,16,17)(H,18,19). The summed E-state index contributed by atoms with van der Waals surface area (Å²) in [6, 6.07) is 3.15. The molecule has 2 unspecified atom stereocenters. The molecule has 0 aliphatic heterocycles. The molecular formula is C14H22N2O3S. The fraction of sp³-hybridized carbons (Fsp3) is 0.571. The first-order chi connectivity index (χ1) is 9.40. The van der Waals surface area contributed by atoms with Crippen molar-refractivity contribution in [1.82, 2.24) is 10.6 Å². The van der Waals surface area contributed by atoms with Crippen molar-refractivity contribution in [2.24, 2.45) is 5.92 Å². The van der Waals surface area contributed by atoms with E-state index in [4.69, 9.17) is 5.11 Å². The van der Waals surface area contributed by atoms with Crippen molar-refractivity contribution in [3.63, 3.8) is 0 Å². The monoisotopic (exact) mass is 298 g/mol. The molecule has 0 saturated heterocycles. The zero-order valence-electron chi connectivity index (χ0n) is 12.1. The van der Waals surface area contributed by atoms with Crippen LogP contribution in [-0.4, -0.2) is 29.6 Å². The second kappa shape index (κ2) is 8.01. The molecule has 0 spiro atoms. The van der Waals surface area contributed by atoms with Gasteiger partial charge in [-0.1, -0.05) is 19.9 Å².